The molecule has 0 spiro atoms. The number of carbonyl (C=O) groups is 1. The number of H-pyrrole nitrogens is 1. The number of nitrogens with one attached hydrogen (secondary N) is 4. The molecule has 0 bridgehead atoms. The molecule has 1 fully saturated rings. The number of aromatic nitrogens is 1. The third-order valence-corrected chi connectivity index (χ3v) is 6.27. The molecule has 2 aliphatic heterocycles. The Hall–Kier alpha value is -2.67. The maximum atomic E-state index is 12.2. The topological polar surface area (TPSA) is 93.7 Å². The number of nitrogens with zero attached hydrogens (tertiary/aromatic N) is 2. The molecule has 1 saturated carbocycles. The fourth-order valence-corrected chi connectivity index (χ4v) is 4.80. The van der Waals surface area contributed by atoms with Crippen LogP contribution in [-0.4, -0.2) is 35.9 Å². The van der Waals surface area contributed by atoms with Crippen LogP contribution < -0.4 is 16.1 Å². The summed E-state index contributed by atoms with van der Waals surface area (Å²) in [5.74, 6) is -0.0163. The molecule has 0 aromatic carbocycles. The SMILES string of the molecule is CCNCCc1c(C)[nH]c(C=C2NC=CN=C2C2C=NNC2=O)c1C1CCCCC1. The summed E-state index contributed by atoms with van der Waals surface area (Å²) < 4.78 is 0. The minimum absolute atomic E-state index is 0.141. The van der Waals surface area contributed by atoms with Gasteiger partial charge in [-0.05, 0) is 62.4 Å². The average molecular weight is 409 g/mol. The number of aromatic amines is 1. The molecule has 0 radical (unpaired) electrons. The number of aliphatic imine (C=N–C) groups is 1. The van der Waals surface area contributed by atoms with Crippen LogP contribution in [0.25, 0.3) is 6.08 Å². The number of rotatable bonds is 7. The van der Waals surface area contributed by atoms with Gasteiger partial charge in [-0.3, -0.25) is 9.79 Å². The Morgan fingerprint density at radius 3 is 2.83 bits per heavy atom. The predicted octanol–water partition coefficient (Wildman–Crippen LogP) is 3.11. The molecule has 30 heavy (non-hydrogen) atoms. The van der Waals surface area contributed by atoms with Gasteiger partial charge < -0.3 is 15.6 Å². The number of aryl methyl sites for hydroxylation is 1. The summed E-state index contributed by atoms with van der Waals surface area (Å²) in [7, 11) is 0. The van der Waals surface area contributed by atoms with Crippen molar-refractivity contribution < 1.29 is 4.79 Å². The van der Waals surface area contributed by atoms with Crippen molar-refractivity contribution in [3.05, 3.63) is 40.6 Å². The first-order valence-electron chi connectivity index (χ1n) is 11.2. The molecule has 4 rings (SSSR count). The molecule has 3 aliphatic rings. The lowest BCUT2D eigenvalue weighted by atomic mass is 9.81. The molecule has 160 valence electrons. The first kappa shape index (κ1) is 20.6. The molecule has 0 saturated heterocycles. The number of likely N-dealkylation sites (N-methyl/N-ethyl adjacent to an activating group) is 1. The molecule has 7 heteroatoms. The smallest absolute Gasteiger partial charge is 0.254 e. The van der Waals surface area contributed by atoms with Crippen LogP contribution >= 0.6 is 0 Å². The summed E-state index contributed by atoms with van der Waals surface area (Å²) in [4.78, 5) is 20.3. The van der Waals surface area contributed by atoms with Gasteiger partial charge in [0.15, 0.2) is 0 Å². The minimum atomic E-state index is -0.462. The summed E-state index contributed by atoms with van der Waals surface area (Å²) in [5, 5.41) is 10.7. The standard InChI is InChI=1S/C23H32N6O/c1-3-24-10-9-17-15(2)28-19(21(17)16-7-5-4-6-8-16)13-20-22(26-12-11-25-20)18-14-27-29-23(18)30/h11-14,16,18,24-25,28H,3-10H2,1-2H3,(H,29,30). The van der Waals surface area contributed by atoms with E-state index in [0.717, 1.165) is 30.9 Å². The van der Waals surface area contributed by atoms with Crippen LogP contribution in [0.3, 0.4) is 0 Å². The van der Waals surface area contributed by atoms with Crippen molar-refractivity contribution in [2.45, 2.75) is 58.3 Å². The zero-order valence-electron chi connectivity index (χ0n) is 17.9. The largest absolute Gasteiger partial charge is 0.359 e. The Morgan fingerprint density at radius 2 is 2.10 bits per heavy atom. The van der Waals surface area contributed by atoms with Gasteiger partial charge >= 0.3 is 0 Å². The second-order valence-corrected chi connectivity index (χ2v) is 8.26. The van der Waals surface area contributed by atoms with Gasteiger partial charge in [-0.1, -0.05) is 26.2 Å². The Balaban J connectivity index is 1.71. The molecule has 1 unspecified atom stereocenters. The molecule has 1 aromatic rings. The van der Waals surface area contributed by atoms with E-state index in [-0.39, 0.29) is 5.91 Å². The Bertz CT molecular complexity index is 901. The predicted molar refractivity (Wildman–Crippen MR) is 121 cm³/mol. The third kappa shape index (κ3) is 4.26. The van der Waals surface area contributed by atoms with E-state index in [1.165, 1.54) is 48.9 Å². The van der Waals surface area contributed by atoms with Crippen LogP contribution in [0.5, 0.6) is 0 Å². The highest BCUT2D eigenvalue weighted by Gasteiger charge is 2.30. The number of carbonyl (C=O) groups excluding carboxylic acids is 1. The zero-order valence-corrected chi connectivity index (χ0v) is 17.9. The van der Waals surface area contributed by atoms with Gasteiger partial charge in [-0.25, -0.2) is 5.43 Å². The van der Waals surface area contributed by atoms with Gasteiger partial charge in [0.1, 0.15) is 5.92 Å². The summed E-state index contributed by atoms with van der Waals surface area (Å²) in [6, 6.07) is 0. The van der Waals surface area contributed by atoms with Gasteiger partial charge in [0.2, 0.25) is 0 Å². The van der Waals surface area contributed by atoms with Crippen LogP contribution in [0, 0.1) is 12.8 Å². The quantitative estimate of drug-likeness (QED) is 0.522. The zero-order chi connectivity index (χ0) is 20.9. The van der Waals surface area contributed by atoms with E-state index in [0.29, 0.717) is 11.6 Å². The molecular weight excluding hydrogens is 376 g/mol. The maximum absolute atomic E-state index is 12.2. The first-order valence-corrected chi connectivity index (χ1v) is 11.2. The van der Waals surface area contributed by atoms with Gasteiger partial charge in [-0.2, -0.15) is 5.10 Å². The summed E-state index contributed by atoms with van der Waals surface area (Å²) in [6.45, 7) is 6.29. The van der Waals surface area contributed by atoms with E-state index >= 15 is 0 Å². The molecule has 4 N–H and O–H groups in total. The first-order chi connectivity index (χ1) is 14.7. The van der Waals surface area contributed by atoms with Crippen molar-refractivity contribution >= 4 is 23.9 Å². The Morgan fingerprint density at radius 1 is 1.27 bits per heavy atom. The molecule has 1 aromatic heterocycles. The molecular formula is C23H32N6O. The van der Waals surface area contributed by atoms with Crippen molar-refractivity contribution in [1.82, 2.24) is 21.0 Å². The van der Waals surface area contributed by atoms with Gasteiger partial charge in [-0.15, -0.1) is 0 Å². The van der Waals surface area contributed by atoms with Crippen molar-refractivity contribution in [3.8, 4) is 0 Å². The summed E-state index contributed by atoms with van der Waals surface area (Å²) in [5.41, 5.74) is 9.35. The Labute approximate surface area is 178 Å². The van der Waals surface area contributed by atoms with Crippen LogP contribution in [0.4, 0.5) is 0 Å². The van der Waals surface area contributed by atoms with Crippen molar-refractivity contribution in [1.29, 1.82) is 0 Å². The highest BCUT2D eigenvalue weighted by Crippen LogP contribution is 2.38. The van der Waals surface area contributed by atoms with Crippen molar-refractivity contribution in [2.24, 2.45) is 16.0 Å². The highest BCUT2D eigenvalue weighted by atomic mass is 16.2. The van der Waals surface area contributed by atoms with E-state index in [1.54, 1.807) is 12.4 Å². The van der Waals surface area contributed by atoms with Crippen LogP contribution in [0.15, 0.2) is 28.2 Å². The molecule has 3 heterocycles. The summed E-state index contributed by atoms with van der Waals surface area (Å²) in [6.07, 6.45) is 14.7. The number of amides is 1. The van der Waals surface area contributed by atoms with E-state index in [9.17, 15) is 4.79 Å². The molecule has 7 nitrogen and oxygen atoms in total. The lowest BCUT2D eigenvalue weighted by Crippen LogP contribution is -2.32. The maximum Gasteiger partial charge on any atom is 0.254 e. The molecule has 1 aliphatic carbocycles. The summed E-state index contributed by atoms with van der Waals surface area (Å²) >= 11 is 0. The van der Waals surface area contributed by atoms with Gasteiger partial charge in [0.25, 0.3) is 5.91 Å². The Kier molecular flexibility index (Phi) is 6.47. The second kappa shape index (κ2) is 9.43. The van der Waals surface area contributed by atoms with E-state index < -0.39 is 5.92 Å². The normalized spacial score (nSPS) is 23.0. The fourth-order valence-electron chi connectivity index (χ4n) is 4.80. The van der Waals surface area contributed by atoms with Gasteiger partial charge in [0, 0.05) is 30.0 Å². The minimum Gasteiger partial charge on any atom is -0.359 e. The van der Waals surface area contributed by atoms with Crippen molar-refractivity contribution in [3.63, 3.8) is 0 Å². The number of hydrogen-bond acceptors (Lipinski definition) is 5. The van der Waals surface area contributed by atoms with Crippen LogP contribution in [0.2, 0.25) is 0 Å². The van der Waals surface area contributed by atoms with Crippen molar-refractivity contribution in [2.75, 3.05) is 13.1 Å². The van der Waals surface area contributed by atoms with Crippen LogP contribution in [-0.2, 0) is 11.2 Å². The monoisotopic (exact) mass is 408 g/mol. The third-order valence-electron chi connectivity index (χ3n) is 6.27. The fraction of sp³-hybridized carbons (Fsp3) is 0.522. The highest BCUT2D eigenvalue weighted by molar-refractivity contribution is 6.24. The average Bonchev–Trinajstić information content (AvgIpc) is 3.32. The van der Waals surface area contributed by atoms with Crippen LogP contribution in [0.1, 0.15) is 67.5 Å². The number of hydrazone groups is 1. The van der Waals surface area contributed by atoms with E-state index in [1.807, 2.05) is 6.20 Å². The van der Waals surface area contributed by atoms with Gasteiger partial charge in [0.05, 0.1) is 11.4 Å². The number of allylic oxidation sites excluding steroid dienone is 1. The molecule has 1 amide bonds. The van der Waals surface area contributed by atoms with E-state index in [2.05, 4.69) is 51.1 Å². The van der Waals surface area contributed by atoms with E-state index in [4.69, 9.17) is 0 Å². The molecule has 1 atom stereocenters. The second-order valence-electron chi connectivity index (χ2n) is 8.26. The lowest BCUT2D eigenvalue weighted by molar-refractivity contribution is -0.120. The lowest BCUT2D eigenvalue weighted by Gasteiger charge is -2.24. The number of hydrogen-bond donors (Lipinski definition) is 4.